The Kier molecular flexibility index (Phi) is 2.95. The van der Waals surface area contributed by atoms with Gasteiger partial charge in [-0.1, -0.05) is 18.3 Å². The quantitative estimate of drug-likeness (QED) is 0.799. The predicted molar refractivity (Wildman–Crippen MR) is 74.6 cm³/mol. The third-order valence-electron chi connectivity index (χ3n) is 3.05. The van der Waals surface area contributed by atoms with Gasteiger partial charge in [-0.3, -0.25) is 0 Å². The number of fused-ring (bicyclic) bond motifs is 1. The number of aromatic nitrogens is 2. The molecule has 3 rings (SSSR count). The van der Waals surface area contributed by atoms with Gasteiger partial charge in [-0.15, -0.1) is 0 Å². The number of aromatic amines is 1. The second kappa shape index (κ2) is 4.48. The molecule has 0 fully saturated rings. The van der Waals surface area contributed by atoms with Gasteiger partial charge in [0, 0.05) is 28.3 Å². The van der Waals surface area contributed by atoms with Crippen LogP contribution in [0.4, 0.5) is 4.39 Å². The van der Waals surface area contributed by atoms with Crippen molar-refractivity contribution in [2.45, 2.75) is 18.4 Å². The highest BCUT2D eigenvalue weighted by molar-refractivity contribution is 7.98. The number of nitrogens with one attached hydrogen (secondary N) is 1. The Morgan fingerprint density at radius 1 is 1.39 bits per heavy atom. The topological polar surface area (TPSA) is 28.7 Å². The number of H-pyrrole nitrogens is 1. The zero-order valence-electron chi connectivity index (χ0n) is 9.79. The van der Waals surface area contributed by atoms with Crippen molar-refractivity contribution in [2.24, 2.45) is 0 Å². The zero-order valence-corrected chi connectivity index (χ0v) is 11.4. The van der Waals surface area contributed by atoms with Gasteiger partial charge in [0.25, 0.3) is 0 Å². The first kappa shape index (κ1) is 11.9. The number of halogens is 1. The summed E-state index contributed by atoms with van der Waals surface area (Å²) < 4.78 is 14.0. The molecule has 5 heteroatoms. The fourth-order valence-corrected chi connectivity index (χ4v) is 3.49. The number of hydrogen-bond donors (Lipinski definition) is 1. The molecule has 2 heterocycles. The van der Waals surface area contributed by atoms with E-state index in [9.17, 15) is 4.39 Å². The van der Waals surface area contributed by atoms with Crippen LogP contribution in [0.1, 0.15) is 16.8 Å². The Morgan fingerprint density at radius 3 is 3.06 bits per heavy atom. The number of thioether (sulfide) groups is 1. The van der Waals surface area contributed by atoms with Crippen molar-refractivity contribution < 1.29 is 4.39 Å². The van der Waals surface area contributed by atoms with Crippen molar-refractivity contribution in [3.63, 3.8) is 0 Å². The predicted octanol–water partition coefficient (Wildman–Crippen LogP) is 4.00. The van der Waals surface area contributed by atoms with Gasteiger partial charge < -0.3 is 4.98 Å². The van der Waals surface area contributed by atoms with Gasteiger partial charge >= 0.3 is 0 Å². The Labute approximate surface area is 114 Å². The summed E-state index contributed by atoms with van der Waals surface area (Å²) in [6.45, 7) is 1.94. The first-order chi connectivity index (χ1) is 8.65. The van der Waals surface area contributed by atoms with Gasteiger partial charge in [0.05, 0.1) is 0 Å². The van der Waals surface area contributed by atoms with E-state index in [2.05, 4.69) is 9.97 Å². The van der Waals surface area contributed by atoms with Crippen LogP contribution in [0, 0.1) is 17.4 Å². The monoisotopic (exact) mass is 278 g/mol. The summed E-state index contributed by atoms with van der Waals surface area (Å²) in [5, 5.41) is 0. The van der Waals surface area contributed by atoms with Crippen LogP contribution in [0.3, 0.4) is 0 Å². The minimum Gasteiger partial charge on any atom is -0.342 e. The summed E-state index contributed by atoms with van der Waals surface area (Å²) in [6, 6.07) is 4.71. The average Bonchev–Trinajstić information content (AvgIpc) is 2.81. The molecule has 2 aromatic rings. The molecule has 1 aromatic carbocycles. The van der Waals surface area contributed by atoms with E-state index in [0.717, 1.165) is 33.9 Å². The maximum Gasteiger partial charge on any atom is 0.139 e. The molecular weight excluding hydrogens is 267 g/mol. The molecule has 0 unspecified atom stereocenters. The SMILES string of the molecule is Cc1ccc(F)cc1-c1nc(=S)c2c([nH]1)CSC2. The lowest BCUT2D eigenvalue weighted by atomic mass is 10.1. The zero-order chi connectivity index (χ0) is 12.7. The molecule has 92 valence electrons. The molecule has 1 aliphatic heterocycles. The molecule has 0 radical (unpaired) electrons. The highest BCUT2D eigenvalue weighted by Crippen LogP contribution is 2.31. The van der Waals surface area contributed by atoms with E-state index < -0.39 is 0 Å². The van der Waals surface area contributed by atoms with Gasteiger partial charge in [-0.25, -0.2) is 9.37 Å². The summed E-state index contributed by atoms with van der Waals surface area (Å²) in [4.78, 5) is 7.68. The average molecular weight is 278 g/mol. The first-order valence-electron chi connectivity index (χ1n) is 5.61. The lowest BCUT2D eigenvalue weighted by Crippen LogP contribution is -1.98. The fraction of sp³-hybridized carbons (Fsp3) is 0.231. The van der Waals surface area contributed by atoms with Crippen LogP contribution in [-0.4, -0.2) is 9.97 Å². The van der Waals surface area contributed by atoms with Crippen molar-refractivity contribution in [2.75, 3.05) is 0 Å². The van der Waals surface area contributed by atoms with Gasteiger partial charge in [0.15, 0.2) is 0 Å². The van der Waals surface area contributed by atoms with Crippen LogP contribution in [0.2, 0.25) is 0 Å². The maximum atomic E-state index is 13.3. The summed E-state index contributed by atoms with van der Waals surface area (Å²) in [6.07, 6.45) is 0. The maximum absolute atomic E-state index is 13.3. The second-order valence-corrected chi connectivity index (χ2v) is 5.67. The molecule has 1 aromatic heterocycles. The number of aryl methyl sites for hydroxylation is 1. The van der Waals surface area contributed by atoms with Crippen LogP contribution in [0.5, 0.6) is 0 Å². The molecule has 0 bridgehead atoms. The molecule has 1 N–H and O–H groups in total. The largest absolute Gasteiger partial charge is 0.342 e. The van der Waals surface area contributed by atoms with E-state index in [1.54, 1.807) is 6.07 Å². The molecule has 0 atom stereocenters. The smallest absolute Gasteiger partial charge is 0.139 e. The molecule has 0 amide bonds. The number of benzene rings is 1. The van der Waals surface area contributed by atoms with Crippen molar-refractivity contribution in [3.05, 3.63) is 45.5 Å². The highest BCUT2D eigenvalue weighted by atomic mass is 32.2. The minimum atomic E-state index is -0.258. The molecule has 18 heavy (non-hydrogen) atoms. The molecule has 0 saturated heterocycles. The van der Waals surface area contributed by atoms with E-state index in [0.29, 0.717) is 10.5 Å². The minimum absolute atomic E-state index is 0.258. The normalized spacial score (nSPS) is 13.7. The van der Waals surface area contributed by atoms with E-state index in [-0.39, 0.29) is 5.82 Å². The Bertz CT molecular complexity index is 679. The standard InChI is InChI=1S/C13H11FN2S2/c1-7-2-3-8(14)4-9(7)12-15-11-6-18-5-10(11)13(17)16-12/h2-4H,5-6H2,1H3,(H,15,16,17). The number of hydrogen-bond acceptors (Lipinski definition) is 3. The van der Waals surface area contributed by atoms with Gasteiger partial charge in [-0.05, 0) is 24.6 Å². The van der Waals surface area contributed by atoms with Gasteiger partial charge in [-0.2, -0.15) is 11.8 Å². The van der Waals surface area contributed by atoms with E-state index in [4.69, 9.17) is 12.2 Å². The van der Waals surface area contributed by atoms with E-state index in [1.165, 1.54) is 12.1 Å². The fourth-order valence-electron chi connectivity index (χ4n) is 2.05. The molecule has 0 saturated carbocycles. The third kappa shape index (κ3) is 1.97. The van der Waals surface area contributed by atoms with Crippen molar-refractivity contribution >= 4 is 24.0 Å². The Hall–Kier alpha value is -1.20. The third-order valence-corrected chi connectivity index (χ3v) is 4.38. The van der Waals surface area contributed by atoms with E-state index >= 15 is 0 Å². The summed E-state index contributed by atoms with van der Waals surface area (Å²) in [5.74, 6) is 2.24. The Morgan fingerprint density at radius 2 is 2.22 bits per heavy atom. The second-order valence-electron chi connectivity index (χ2n) is 4.30. The molecular formula is C13H11FN2S2. The molecule has 0 spiro atoms. The summed E-state index contributed by atoms with van der Waals surface area (Å²) in [5.41, 5.74) is 4.01. The van der Waals surface area contributed by atoms with Crippen molar-refractivity contribution in [3.8, 4) is 11.4 Å². The van der Waals surface area contributed by atoms with Crippen LogP contribution in [0.25, 0.3) is 11.4 Å². The van der Waals surface area contributed by atoms with E-state index in [1.807, 2.05) is 18.7 Å². The van der Waals surface area contributed by atoms with Crippen molar-refractivity contribution in [1.82, 2.24) is 9.97 Å². The van der Waals surface area contributed by atoms with Crippen LogP contribution in [0.15, 0.2) is 18.2 Å². The summed E-state index contributed by atoms with van der Waals surface area (Å²) in [7, 11) is 0. The van der Waals surface area contributed by atoms with Gasteiger partial charge in [0.2, 0.25) is 0 Å². The van der Waals surface area contributed by atoms with Gasteiger partial charge in [0.1, 0.15) is 16.3 Å². The first-order valence-corrected chi connectivity index (χ1v) is 7.18. The molecule has 2 nitrogen and oxygen atoms in total. The lowest BCUT2D eigenvalue weighted by molar-refractivity contribution is 0.627. The number of nitrogens with zero attached hydrogens (tertiary/aromatic N) is 1. The van der Waals surface area contributed by atoms with Crippen LogP contribution in [-0.2, 0) is 11.5 Å². The van der Waals surface area contributed by atoms with Crippen LogP contribution >= 0.6 is 24.0 Å². The Balaban J connectivity index is 2.21. The highest BCUT2D eigenvalue weighted by Gasteiger charge is 2.16. The summed E-state index contributed by atoms with van der Waals surface area (Å²) >= 11 is 7.12. The molecule has 1 aliphatic rings. The molecule has 0 aliphatic carbocycles. The van der Waals surface area contributed by atoms with Crippen molar-refractivity contribution in [1.29, 1.82) is 0 Å². The number of rotatable bonds is 1. The van der Waals surface area contributed by atoms with Crippen LogP contribution < -0.4 is 0 Å². The lowest BCUT2D eigenvalue weighted by Gasteiger charge is -2.08.